The molecule has 2 atom stereocenters. The first-order valence-corrected chi connectivity index (χ1v) is 5.31. The first-order chi connectivity index (χ1) is 7.36. The number of rotatable bonds is 3. The molecular formula is C12H16NO2. The molecule has 1 aromatic rings. The van der Waals surface area contributed by atoms with E-state index in [9.17, 15) is 0 Å². The van der Waals surface area contributed by atoms with Crippen LogP contribution in [0.4, 0.5) is 0 Å². The van der Waals surface area contributed by atoms with Gasteiger partial charge >= 0.3 is 0 Å². The summed E-state index contributed by atoms with van der Waals surface area (Å²) in [5.74, 6) is 0.871. The van der Waals surface area contributed by atoms with Gasteiger partial charge in [-0.25, -0.2) is 0 Å². The SMILES string of the molecule is CC(Oc1cc[c]cc1)C1CNCCO1. The molecule has 1 radical (unpaired) electrons. The summed E-state index contributed by atoms with van der Waals surface area (Å²) < 4.78 is 11.4. The summed E-state index contributed by atoms with van der Waals surface area (Å²) in [7, 11) is 0. The fourth-order valence-electron chi connectivity index (χ4n) is 1.63. The Morgan fingerprint density at radius 1 is 1.53 bits per heavy atom. The Labute approximate surface area is 90.4 Å². The van der Waals surface area contributed by atoms with Crippen molar-refractivity contribution in [2.45, 2.75) is 19.1 Å². The summed E-state index contributed by atoms with van der Waals surface area (Å²) in [5.41, 5.74) is 0. The molecule has 81 valence electrons. The van der Waals surface area contributed by atoms with E-state index >= 15 is 0 Å². The van der Waals surface area contributed by atoms with Crippen LogP contribution in [-0.4, -0.2) is 31.9 Å². The van der Waals surface area contributed by atoms with E-state index in [1.807, 2.05) is 31.2 Å². The number of hydrogen-bond acceptors (Lipinski definition) is 3. The van der Waals surface area contributed by atoms with Crippen LogP contribution in [0.25, 0.3) is 0 Å². The van der Waals surface area contributed by atoms with Crippen LogP contribution in [0, 0.1) is 6.07 Å². The lowest BCUT2D eigenvalue weighted by Crippen LogP contribution is -2.46. The molecule has 1 saturated heterocycles. The van der Waals surface area contributed by atoms with Crippen LogP contribution in [0.1, 0.15) is 6.92 Å². The topological polar surface area (TPSA) is 30.5 Å². The highest BCUT2D eigenvalue weighted by atomic mass is 16.5. The molecule has 0 aromatic heterocycles. The highest BCUT2D eigenvalue weighted by Crippen LogP contribution is 2.14. The highest BCUT2D eigenvalue weighted by molar-refractivity contribution is 5.20. The molecule has 1 aromatic carbocycles. The standard InChI is InChI=1S/C12H16NO2/c1-10(12-9-13-7-8-14-12)15-11-5-3-2-4-6-11/h3-6,10,12-13H,7-9H2,1H3. The Morgan fingerprint density at radius 2 is 2.33 bits per heavy atom. The molecule has 3 heteroatoms. The Morgan fingerprint density at radius 3 is 3.00 bits per heavy atom. The van der Waals surface area contributed by atoms with Crippen LogP contribution in [-0.2, 0) is 4.74 Å². The lowest BCUT2D eigenvalue weighted by atomic mass is 10.2. The molecule has 1 heterocycles. The summed E-state index contributed by atoms with van der Waals surface area (Å²) in [4.78, 5) is 0. The molecule has 1 aliphatic heterocycles. The average Bonchev–Trinajstić information content (AvgIpc) is 2.31. The van der Waals surface area contributed by atoms with Gasteiger partial charge in [-0.3, -0.25) is 0 Å². The second-order valence-corrected chi connectivity index (χ2v) is 3.67. The van der Waals surface area contributed by atoms with E-state index in [0.29, 0.717) is 0 Å². The van der Waals surface area contributed by atoms with E-state index in [2.05, 4.69) is 11.4 Å². The van der Waals surface area contributed by atoms with E-state index < -0.39 is 0 Å². The van der Waals surface area contributed by atoms with Crippen LogP contribution >= 0.6 is 0 Å². The lowest BCUT2D eigenvalue weighted by Gasteiger charge is -2.29. The number of hydrogen-bond donors (Lipinski definition) is 1. The molecule has 15 heavy (non-hydrogen) atoms. The molecule has 0 saturated carbocycles. The van der Waals surface area contributed by atoms with Crippen LogP contribution in [0.15, 0.2) is 24.3 Å². The van der Waals surface area contributed by atoms with Crippen molar-refractivity contribution in [3.8, 4) is 5.75 Å². The van der Waals surface area contributed by atoms with Crippen LogP contribution in [0.3, 0.4) is 0 Å². The predicted molar refractivity (Wildman–Crippen MR) is 58.0 cm³/mol. The van der Waals surface area contributed by atoms with E-state index in [0.717, 1.165) is 25.4 Å². The highest BCUT2D eigenvalue weighted by Gasteiger charge is 2.21. The average molecular weight is 206 g/mol. The van der Waals surface area contributed by atoms with E-state index in [1.54, 1.807) is 0 Å². The molecule has 3 nitrogen and oxygen atoms in total. The van der Waals surface area contributed by atoms with Gasteiger partial charge in [-0.1, -0.05) is 12.1 Å². The van der Waals surface area contributed by atoms with Crippen LogP contribution in [0.2, 0.25) is 0 Å². The third kappa shape index (κ3) is 2.94. The van der Waals surface area contributed by atoms with Gasteiger partial charge in [0.25, 0.3) is 0 Å². The monoisotopic (exact) mass is 206 g/mol. The fraction of sp³-hybridized carbons (Fsp3) is 0.500. The van der Waals surface area contributed by atoms with Gasteiger partial charge in [-0.15, -0.1) is 0 Å². The van der Waals surface area contributed by atoms with Crippen molar-refractivity contribution in [3.63, 3.8) is 0 Å². The second-order valence-electron chi connectivity index (χ2n) is 3.67. The predicted octanol–water partition coefficient (Wildman–Crippen LogP) is 1.24. The molecule has 2 rings (SSSR count). The number of benzene rings is 1. The molecule has 0 amide bonds. The third-order valence-corrected chi connectivity index (χ3v) is 2.49. The van der Waals surface area contributed by atoms with Crippen LogP contribution in [0.5, 0.6) is 5.75 Å². The quantitative estimate of drug-likeness (QED) is 0.807. The summed E-state index contributed by atoms with van der Waals surface area (Å²) in [6, 6.07) is 10.5. The Balaban J connectivity index is 1.88. The second kappa shape index (κ2) is 5.14. The molecular weight excluding hydrogens is 190 g/mol. The molecule has 1 N–H and O–H groups in total. The summed E-state index contributed by atoms with van der Waals surface area (Å²) in [6.45, 7) is 4.60. The zero-order chi connectivity index (χ0) is 10.5. The molecule has 0 bridgehead atoms. The number of ether oxygens (including phenoxy) is 2. The largest absolute Gasteiger partial charge is 0.488 e. The minimum Gasteiger partial charge on any atom is -0.488 e. The summed E-state index contributed by atoms with van der Waals surface area (Å²) >= 11 is 0. The van der Waals surface area contributed by atoms with Crippen molar-refractivity contribution in [2.24, 2.45) is 0 Å². The summed E-state index contributed by atoms with van der Waals surface area (Å²) in [6.07, 6.45) is 0.211. The van der Waals surface area contributed by atoms with Gasteiger partial charge < -0.3 is 14.8 Å². The first kappa shape index (κ1) is 10.5. The minimum atomic E-state index is 0.0696. The van der Waals surface area contributed by atoms with Gasteiger partial charge in [0, 0.05) is 13.1 Å². The van der Waals surface area contributed by atoms with Gasteiger partial charge in [0.2, 0.25) is 0 Å². The Hall–Kier alpha value is -1.06. The molecule has 0 aliphatic carbocycles. The van der Waals surface area contributed by atoms with Gasteiger partial charge in [-0.2, -0.15) is 0 Å². The van der Waals surface area contributed by atoms with Crippen molar-refractivity contribution >= 4 is 0 Å². The van der Waals surface area contributed by atoms with Crippen LogP contribution < -0.4 is 10.1 Å². The minimum absolute atomic E-state index is 0.0696. The molecule has 0 spiro atoms. The Kier molecular flexibility index (Phi) is 3.59. The van der Waals surface area contributed by atoms with Crippen molar-refractivity contribution in [3.05, 3.63) is 30.3 Å². The maximum Gasteiger partial charge on any atom is 0.123 e. The van der Waals surface area contributed by atoms with E-state index in [-0.39, 0.29) is 12.2 Å². The summed E-state index contributed by atoms with van der Waals surface area (Å²) in [5, 5.41) is 3.29. The third-order valence-electron chi connectivity index (χ3n) is 2.49. The van der Waals surface area contributed by atoms with Crippen molar-refractivity contribution < 1.29 is 9.47 Å². The smallest absolute Gasteiger partial charge is 0.123 e. The van der Waals surface area contributed by atoms with Crippen molar-refractivity contribution in [1.29, 1.82) is 0 Å². The van der Waals surface area contributed by atoms with Gasteiger partial charge in [0.1, 0.15) is 18.0 Å². The van der Waals surface area contributed by atoms with E-state index in [4.69, 9.17) is 9.47 Å². The van der Waals surface area contributed by atoms with Gasteiger partial charge in [0.05, 0.1) is 6.61 Å². The zero-order valence-electron chi connectivity index (χ0n) is 8.90. The normalized spacial score (nSPS) is 23.4. The van der Waals surface area contributed by atoms with Gasteiger partial charge in [0.15, 0.2) is 0 Å². The van der Waals surface area contributed by atoms with Gasteiger partial charge in [-0.05, 0) is 25.1 Å². The maximum atomic E-state index is 5.77. The molecule has 1 fully saturated rings. The first-order valence-electron chi connectivity index (χ1n) is 5.31. The lowest BCUT2D eigenvalue weighted by molar-refractivity contribution is -0.0350. The Bertz CT molecular complexity index is 283. The van der Waals surface area contributed by atoms with E-state index in [1.165, 1.54) is 0 Å². The molecule has 1 aliphatic rings. The zero-order valence-corrected chi connectivity index (χ0v) is 8.90. The fourth-order valence-corrected chi connectivity index (χ4v) is 1.63. The molecule has 2 unspecified atom stereocenters. The number of nitrogens with one attached hydrogen (secondary N) is 1. The van der Waals surface area contributed by atoms with Crippen molar-refractivity contribution in [2.75, 3.05) is 19.7 Å². The maximum absolute atomic E-state index is 5.77. The van der Waals surface area contributed by atoms with Crippen molar-refractivity contribution in [1.82, 2.24) is 5.32 Å². The number of morpholine rings is 1.